The highest BCUT2D eigenvalue weighted by Crippen LogP contribution is 2.17. The van der Waals surface area contributed by atoms with Crippen LogP contribution in [-0.2, 0) is 16.0 Å². The minimum Gasteiger partial charge on any atom is -0.481 e. The summed E-state index contributed by atoms with van der Waals surface area (Å²) in [5.41, 5.74) is 2.87. The van der Waals surface area contributed by atoms with Gasteiger partial charge in [0.05, 0.1) is 0 Å². The number of nitrogens with one attached hydrogen (secondary N) is 1. The van der Waals surface area contributed by atoms with Crippen LogP contribution >= 0.6 is 0 Å². The van der Waals surface area contributed by atoms with Gasteiger partial charge in [-0.15, -0.1) is 0 Å². The molecule has 0 radical (unpaired) electrons. The molecule has 0 fully saturated rings. The normalized spacial score (nSPS) is 11.6. The number of nitrogens with zero attached hydrogens (tertiary/aromatic N) is 1. The number of anilines is 1. The summed E-state index contributed by atoms with van der Waals surface area (Å²) in [7, 11) is 3.51. The van der Waals surface area contributed by atoms with Crippen LogP contribution in [0.2, 0.25) is 0 Å². The van der Waals surface area contributed by atoms with E-state index < -0.39 is 6.10 Å². The van der Waals surface area contributed by atoms with E-state index >= 15 is 0 Å². The van der Waals surface area contributed by atoms with Crippen molar-refractivity contribution in [2.45, 2.75) is 39.2 Å². The molecule has 1 unspecified atom stereocenters. The molecular weight excluding hydrogens is 340 g/mol. The third kappa shape index (κ3) is 6.44. The number of carbonyl (C=O) groups is 2. The van der Waals surface area contributed by atoms with Crippen LogP contribution in [0.15, 0.2) is 48.5 Å². The summed E-state index contributed by atoms with van der Waals surface area (Å²) in [5, 5.41) is 2.90. The van der Waals surface area contributed by atoms with Gasteiger partial charge in [-0.25, -0.2) is 0 Å². The monoisotopic (exact) mass is 368 g/mol. The first-order valence-corrected chi connectivity index (χ1v) is 9.22. The lowest BCUT2D eigenvalue weighted by Crippen LogP contribution is -2.32. The molecule has 5 nitrogen and oxygen atoms in total. The standard InChI is InChI=1S/C22H28N2O3/c1-5-20(27-19-8-6-7-16(2)15-19)22(26)23-18-12-9-17(10-13-18)11-14-21(25)24(3)4/h6-10,12-13,15,20H,5,11,14H2,1-4H3,(H,23,26). The molecule has 0 bridgehead atoms. The first-order valence-electron chi connectivity index (χ1n) is 9.22. The Labute approximate surface area is 161 Å². The van der Waals surface area contributed by atoms with E-state index in [-0.39, 0.29) is 11.8 Å². The van der Waals surface area contributed by atoms with Crippen molar-refractivity contribution >= 4 is 17.5 Å². The van der Waals surface area contributed by atoms with Gasteiger partial charge in [0.2, 0.25) is 5.91 Å². The van der Waals surface area contributed by atoms with E-state index in [1.54, 1.807) is 19.0 Å². The van der Waals surface area contributed by atoms with Crippen LogP contribution in [-0.4, -0.2) is 36.9 Å². The number of rotatable bonds is 8. The molecule has 5 heteroatoms. The highest BCUT2D eigenvalue weighted by Gasteiger charge is 2.18. The summed E-state index contributed by atoms with van der Waals surface area (Å²) in [6, 6.07) is 15.2. The Morgan fingerprint density at radius 2 is 1.81 bits per heavy atom. The van der Waals surface area contributed by atoms with Crippen molar-refractivity contribution in [2.75, 3.05) is 19.4 Å². The van der Waals surface area contributed by atoms with Gasteiger partial charge in [-0.1, -0.05) is 31.2 Å². The van der Waals surface area contributed by atoms with Crippen LogP contribution < -0.4 is 10.1 Å². The molecule has 0 aliphatic rings. The zero-order valence-corrected chi connectivity index (χ0v) is 16.5. The lowest BCUT2D eigenvalue weighted by molar-refractivity contribution is -0.128. The molecule has 0 saturated heterocycles. The molecule has 2 rings (SSSR count). The average molecular weight is 368 g/mol. The number of carbonyl (C=O) groups excluding carboxylic acids is 2. The van der Waals surface area contributed by atoms with E-state index in [2.05, 4.69) is 5.32 Å². The fourth-order valence-electron chi connectivity index (χ4n) is 2.63. The summed E-state index contributed by atoms with van der Waals surface area (Å²) >= 11 is 0. The van der Waals surface area contributed by atoms with Crippen molar-refractivity contribution < 1.29 is 14.3 Å². The minimum absolute atomic E-state index is 0.103. The van der Waals surface area contributed by atoms with E-state index in [1.165, 1.54) is 0 Å². The van der Waals surface area contributed by atoms with Crippen molar-refractivity contribution in [3.63, 3.8) is 0 Å². The second-order valence-corrected chi connectivity index (χ2v) is 6.81. The number of ether oxygens (including phenoxy) is 1. The van der Waals surface area contributed by atoms with E-state index in [1.807, 2.05) is 62.4 Å². The van der Waals surface area contributed by atoms with Crippen LogP contribution in [0.1, 0.15) is 30.9 Å². The highest BCUT2D eigenvalue weighted by atomic mass is 16.5. The van der Waals surface area contributed by atoms with Crippen LogP contribution in [0.5, 0.6) is 5.75 Å². The van der Waals surface area contributed by atoms with Crippen molar-refractivity contribution in [1.29, 1.82) is 0 Å². The number of hydrogen-bond acceptors (Lipinski definition) is 3. The Kier molecular flexibility index (Phi) is 7.41. The lowest BCUT2D eigenvalue weighted by atomic mass is 10.1. The summed E-state index contributed by atoms with van der Waals surface area (Å²) in [6.45, 7) is 3.91. The van der Waals surface area contributed by atoms with Gasteiger partial charge in [0.25, 0.3) is 5.91 Å². The summed E-state index contributed by atoms with van der Waals surface area (Å²) < 4.78 is 5.84. The number of amides is 2. The van der Waals surface area contributed by atoms with Crippen molar-refractivity contribution in [1.82, 2.24) is 4.90 Å². The molecule has 0 aliphatic carbocycles. The summed E-state index contributed by atoms with van der Waals surface area (Å²) in [5.74, 6) is 0.624. The highest BCUT2D eigenvalue weighted by molar-refractivity contribution is 5.94. The Hall–Kier alpha value is -2.82. The van der Waals surface area contributed by atoms with Crippen LogP contribution in [0.25, 0.3) is 0 Å². The SMILES string of the molecule is CCC(Oc1cccc(C)c1)C(=O)Nc1ccc(CCC(=O)N(C)C)cc1. The second-order valence-electron chi connectivity index (χ2n) is 6.81. The van der Waals surface area contributed by atoms with Gasteiger partial charge in [-0.05, 0) is 55.2 Å². The first kappa shape index (κ1) is 20.5. The van der Waals surface area contributed by atoms with Gasteiger partial charge in [0.15, 0.2) is 6.10 Å². The van der Waals surface area contributed by atoms with Crippen LogP contribution in [0, 0.1) is 6.92 Å². The molecule has 27 heavy (non-hydrogen) atoms. The van der Waals surface area contributed by atoms with E-state index in [9.17, 15) is 9.59 Å². The topological polar surface area (TPSA) is 58.6 Å². The quantitative estimate of drug-likeness (QED) is 0.771. The molecule has 144 valence electrons. The molecule has 2 amide bonds. The summed E-state index contributed by atoms with van der Waals surface area (Å²) in [6.07, 6.45) is 1.18. The summed E-state index contributed by atoms with van der Waals surface area (Å²) in [4.78, 5) is 25.8. The number of benzene rings is 2. The van der Waals surface area contributed by atoms with Gasteiger partial charge >= 0.3 is 0 Å². The largest absolute Gasteiger partial charge is 0.481 e. The third-order valence-electron chi connectivity index (χ3n) is 4.28. The number of hydrogen-bond donors (Lipinski definition) is 1. The molecule has 0 spiro atoms. The second kappa shape index (κ2) is 9.76. The van der Waals surface area contributed by atoms with E-state index in [0.29, 0.717) is 30.7 Å². The average Bonchev–Trinajstić information content (AvgIpc) is 2.65. The molecule has 1 atom stereocenters. The fraction of sp³-hybridized carbons (Fsp3) is 0.364. The molecule has 2 aromatic rings. The Morgan fingerprint density at radius 1 is 1.11 bits per heavy atom. The zero-order chi connectivity index (χ0) is 19.8. The molecule has 1 N–H and O–H groups in total. The maximum atomic E-state index is 12.5. The van der Waals surface area contributed by atoms with Crippen LogP contribution in [0.3, 0.4) is 0 Å². The Bertz CT molecular complexity index is 769. The Morgan fingerprint density at radius 3 is 2.41 bits per heavy atom. The van der Waals surface area contributed by atoms with Gasteiger partial charge < -0.3 is 15.0 Å². The van der Waals surface area contributed by atoms with Gasteiger partial charge in [-0.2, -0.15) is 0 Å². The smallest absolute Gasteiger partial charge is 0.265 e. The maximum absolute atomic E-state index is 12.5. The molecule has 0 aromatic heterocycles. The number of aryl methyl sites for hydroxylation is 2. The third-order valence-corrected chi connectivity index (χ3v) is 4.28. The fourth-order valence-corrected chi connectivity index (χ4v) is 2.63. The van der Waals surface area contributed by atoms with E-state index in [4.69, 9.17) is 4.74 Å². The first-order chi connectivity index (χ1) is 12.9. The maximum Gasteiger partial charge on any atom is 0.265 e. The predicted molar refractivity (Wildman–Crippen MR) is 108 cm³/mol. The van der Waals surface area contributed by atoms with Gasteiger partial charge in [-0.3, -0.25) is 9.59 Å². The van der Waals surface area contributed by atoms with Crippen molar-refractivity contribution in [3.8, 4) is 5.75 Å². The van der Waals surface area contributed by atoms with Crippen molar-refractivity contribution in [3.05, 3.63) is 59.7 Å². The zero-order valence-electron chi connectivity index (χ0n) is 16.5. The van der Waals surface area contributed by atoms with Crippen molar-refractivity contribution in [2.24, 2.45) is 0 Å². The minimum atomic E-state index is -0.552. The lowest BCUT2D eigenvalue weighted by Gasteiger charge is -2.17. The predicted octanol–water partition coefficient (Wildman–Crippen LogP) is 3.81. The van der Waals surface area contributed by atoms with E-state index in [0.717, 1.165) is 11.1 Å². The molecular formula is C22H28N2O3. The molecule has 0 aliphatic heterocycles. The molecule has 0 heterocycles. The van der Waals surface area contributed by atoms with Gasteiger partial charge in [0.1, 0.15) is 5.75 Å². The Balaban J connectivity index is 1.92. The van der Waals surface area contributed by atoms with Crippen LogP contribution in [0.4, 0.5) is 5.69 Å². The molecule has 0 saturated carbocycles. The van der Waals surface area contributed by atoms with Gasteiger partial charge in [0, 0.05) is 26.2 Å². The molecule has 2 aromatic carbocycles.